The van der Waals surface area contributed by atoms with E-state index in [9.17, 15) is 14.7 Å². The molecule has 0 bridgehead atoms. The van der Waals surface area contributed by atoms with Crippen LogP contribution in [0.4, 0.5) is 0 Å². The van der Waals surface area contributed by atoms with E-state index in [0.717, 1.165) is 5.56 Å². The number of hydrogen-bond acceptors (Lipinski definition) is 3. The third-order valence-corrected chi connectivity index (χ3v) is 4.19. The number of ether oxygens (including phenoxy) is 1. The van der Waals surface area contributed by atoms with Gasteiger partial charge in [-0.05, 0) is 13.0 Å². The van der Waals surface area contributed by atoms with Crippen molar-refractivity contribution in [2.45, 2.75) is 13.0 Å². The van der Waals surface area contributed by atoms with Crippen LogP contribution in [0.5, 0.6) is 0 Å². The number of nitrogens with zero attached hydrogens (tertiary/aromatic N) is 1. The minimum absolute atomic E-state index is 0.0976. The normalized spacial score (nSPS) is 28.9. The lowest BCUT2D eigenvalue weighted by Crippen LogP contribution is -2.49. The number of carboxylic acids is 1. The summed E-state index contributed by atoms with van der Waals surface area (Å²) in [5.74, 6) is -1.16. The van der Waals surface area contributed by atoms with Crippen molar-refractivity contribution in [1.82, 2.24) is 4.90 Å². The quantitative estimate of drug-likeness (QED) is 0.888. The molecule has 104 valence electrons. The second-order valence-electron chi connectivity index (χ2n) is 5.42. The molecule has 1 aromatic rings. The summed E-state index contributed by atoms with van der Waals surface area (Å²) in [6, 6.07) is 6.64. The van der Waals surface area contributed by atoms with Gasteiger partial charge in [-0.25, -0.2) is 0 Å². The van der Waals surface area contributed by atoms with E-state index in [2.05, 4.69) is 6.58 Å². The number of amides is 1. The minimum atomic E-state index is -1.11. The van der Waals surface area contributed by atoms with Crippen molar-refractivity contribution in [3.8, 4) is 0 Å². The maximum absolute atomic E-state index is 12.5. The van der Waals surface area contributed by atoms with Gasteiger partial charge in [-0.15, -0.1) is 0 Å². The van der Waals surface area contributed by atoms with E-state index in [1.165, 1.54) is 4.90 Å². The van der Waals surface area contributed by atoms with E-state index in [-0.39, 0.29) is 19.1 Å². The average molecular weight is 273 g/mol. The van der Waals surface area contributed by atoms with Gasteiger partial charge in [-0.1, -0.05) is 24.8 Å². The number of carboxylic acid groups (broad SMARTS) is 1. The second kappa shape index (κ2) is 4.18. The first kappa shape index (κ1) is 12.9. The summed E-state index contributed by atoms with van der Waals surface area (Å²) in [5.41, 5.74) is 0.767. The molecule has 0 radical (unpaired) electrons. The third kappa shape index (κ3) is 1.53. The molecule has 1 saturated heterocycles. The fraction of sp³-hybridized carbons (Fsp3) is 0.333. The number of rotatable bonds is 2. The van der Waals surface area contributed by atoms with Crippen LogP contribution in [0.1, 0.15) is 22.8 Å². The van der Waals surface area contributed by atoms with Gasteiger partial charge in [0.1, 0.15) is 5.41 Å². The van der Waals surface area contributed by atoms with Gasteiger partial charge in [0, 0.05) is 16.8 Å². The van der Waals surface area contributed by atoms with Crippen molar-refractivity contribution in [2.24, 2.45) is 5.41 Å². The number of carbonyl (C=O) groups is 2. The molecule has 5 nitrogen and oxygen atoms in total. The Hall–Kier alpha value is -2.14. The molecule has 2 atom stereocenters. The van der Waals surface area contributed by atoms with Crippen LogP contribution in [0, 0.1) is 5.41 Å². The van der Waals surface area contributed by atoms with Crippen LogP contribution in [0.15, 0.2) is 30.8 Å². The molecule has 1 amide bonds. The Morgan fingerprint density at radius 3 is 2.70 bits per heavy atom. The zero-order valence-electron chi connectivity index (χ0n) is 11.1. The lowest BCUT2D eigenvalue weighted by molar-refractivity contribution is -0.149. The van der Waals surface area contributed by atoms with Crippen LogP contribution in [0.3, 0.4) is 0 Å². The smallest absolute Gasteiger partial charge is 0.313 e. The average Bonchev–Trinajstić information content (AvgIpc) is 2.92. The molecule has 2 unspecified atom stereocenters. The predicted molar refractivity (Wildman–Crippen MR) is 72.0 cm³/mol. The number of carbonyl (C=O) groups excluding carboxylic acids is 1. The Bertz CT molecular complexity index is 589. The summed E-state index contributed by atoms with van der Waals surface area (Å²) in [6.07, 6.45) is 0. The molecule has 1 N–H and O–H groups in total. The first-order chi connectivity index (χ1) is 9.47. The Morgan fingerprint density at radius 1 is 1.45 bits per heavy atom. The van der Waals surface area contributed by atoms with Gasteiger partial charge in [0.15, 0.2) is 0 Å². The molecule has 5 heteroatoms. The van der Waals surface area contributed by atoms with Gasteiger partial charge in [-0.3, -0.25) is 9.59 Å². The van der Waals surface area contributed by atoms with E-state index >= 15 is 0 Å². The monoisotopic (exact) mass is 273 g/mol. The van der Waals surface area contributed by atoms with Crippen LogP contribution in [-0.4, -0.2) is 41.1 Å². The summed E-state index contributed by atoms with van der Waals surface area (Å²) >= 11 is 0. The lowest BCUT2D eigenvalue weighted by atomic mass is 9.84. The van der Waals surface area contributed by atoms with E-state index in [4.69, 9.17) is 4.74 Å². The highest BCUT2D eigenvalue weighted by molar-refractivity contribution is 6.09. The van der Waals surface area contributed by atoms with Crippen LogP contribution in [0.25, 0.3) is 5.70 Å². The molecule has 1 aromatic carbocycles. The Labute approximate surface area is 116 Å². The fourth-order valence-corrected chi connectivity index (χ4v) is 2.86. The zero-order valence-corrected chi connectivity index (χ0v) is 11.1. The van der Waals surface area contributed by atoms with Crippen LogP contribution in [0.2, 0.25) is 0 Å². The number of fused-ring (bicyclic) bond motifs is 1. The summed E-state index contributed by atoms with van der Waals surface area (Å²) in [4.78, 5) is 25.5. The summed E-state index contributed by atoms with van der Waals surface area (Å²) < 4.78 is 5.33. The van der Waals surface area contributed by atoms with Crippen molar-refractivity contribution in [1.29, 1.82) is 0 Å². The molecule has 0 aromatic heterocycles. The summed E-state index contributed by atoms with van der Waals surface area (Å²) in [6.45, 7) is 5.87. The molecule has 0 saturated carbocycles. The van der Waals surface area contributed by atoms with Gasteiger partial charge in [0.05, 0.1) is 19.3 Å². The van der Waals surface area contributed by atoms with Crippen LogP contribution < -0.4 is 0 Å². The topological polar surface area (TPSA) is 66.8 Å². The van der Waals surface area contributed by atoms with Gasteiger partial charge in [-0.2, -0.15) is 0 Å². The molecule has 1 fully saturated rings. The second-order valence-corrected chi connectivity index (χ2v) is 5.42. The first-order valence-corrected chi connectivity index (χ1v) is 6.40. The molecule has 2 heterocycles. The lowest BCUT2D eigenvalue weighted by Gasteiger charge is -2.33. The van der Waals surface area contributed by atoms with Crippen LogP contribution in [-0.2, 0) is 9.53 Å². The van der Waals surface area contributed by atoms with Gasteiger partial charge in [0.25, 0.3) is 5.91 Å². The third-order valence-electron chi connectivity index (χ3n) is 4.19. The van der Waals surface area contributed by atoms with Gasteiger partial charge >= 0.3 is 5.97 Å². The van der Waals surface area contributed by atoms with Crippen molar-refractivity contribution >= 4 is 17.6 Å². The molecule has 2 aliphatic rings. The number of hydrogen-bond donors (Lipinski definition) is 1. The van der Waals surface area contributed by atoms with Crippen molar-refractivity contribution in [3.63, 3.8) is 0 Å². The molecule has 20 heavy (non-hydrogen) atoms. The first-order valence-electron chi connectivity index (χ1n) is 6.40. The Balaban J connectivity index is 2.03. The molecule has 2 aliphatic heterocycles. The highest BCUT2D eigenvalue weighted by atomic mass is 16.5. The van der Waals surface area contributed by atoms with Crippen molar-refractivity contribution in [2.75, 3.05) is 13.2 Å². The SMILES string of the molecule is C=C1c2ccccc2C(=O)N1C1COCC1(C)C(=O)O. The van der Waals surface area contributed by atoms with E-state index in [1.54, 1.807) is 19.1 Å². The van der Waals surface area contributed by atoms with Crippen LogP contribution >= 0.6 is 0 Å². The van der Waals surface area contributed by atoms with Gasteiger partial charge < -0.3 is 14.7 Å². The Morgan fingerprint density at radius 2 is 2.10 bits per heavy atom. The van der Waals surface area contributed by atoms with Crippen molar-refractivity contribution in [3.05, 3.63) is 42.0 Å². The molecular weight excluding hydrogens is 258 g/mol. The van der Waals surface area contributed by atoms with Gasteiger partial charge in [0.2, 0.25) is 0 Å². The standard InChI is InChI=1S/C15H15NO4/c1-9-10-5-3-4-6-11(10)13(17)16(9)12-7-20-8-15(12,2)14(18)19/h3-6,12H,1,7-8H2,2H3,(H,18,19). The minimum Gasteiger partial charge on any atom is -0.481 e. The van der Waals surface area contributed by atoms with E-state index in [1.807, 2.05) is 12.1 Å². The predicted octanol–water partition coefficient (Wildman–Crippen LogP) is 1.60. The maximum Gasteiger partial charge on any atom is 0.313 e. The summed E-state index contributed by atoms with van der Waals surface area (Å²) in [7, 11) is 0. The highest BCUT2D eigenvalue weighted by Gasteiger charge is 2.53. The molecule has 3 rings (SSSR count). The zero-order chi connectivity index (χ0) is 14.5. The Kier molecular flexibility index (Phi) is 2.69. The number of aliphatic carboxylic acids is 1. The largest absolute Gasteiger partial charge is 0.481 e. The number of benzene rings is 1. The molecule has 0 spiro atoms. The maximum atomic E-state index is 12.5. The highest BCUT2D eigenvalue weighted by Crippen LogP contribution is 2.41. The molecule has 0 aliphatic carbocycles. The summed E-state index contributed by atoms with van der Waals surface area (Å²) in [5, 5.41) is 9.45. The van der Waals surface area contributed by atoms with E-state index < -0.39 is 17.4 Å². The van der Waals surface area contributed by atoms with Crippen molar-refractivity contribution < 1.29 is 19.4 Å². The fourth-order valence-electron chi connectivity index (χ4n) is 2.86. The molecular formula is C15H15NO4. The van der Waals surface area contributed by atoms with E-state index in [0.29, 0.717) is 11.3 Å².